The minimum atomic E-state index is -0.240. The van der Waals surface area contributed by atoms with Crippen LogP contribution in [-0.4, -0.2) is 12.6 Å². The van der Waals surface area contributed by atoms with Gasteiger partial charge in [-0.25, -0.2) is 4.79 Å². The Morgan fingerprint density at radius 1 is 1.29 bits per heavy atom. The molecule has 0 bridgehead atoms. The number of ether oxygens (including phenoxy) is 1. The first-order chi connectivity index (χ1) is 7.88. The molecule has 2 heteroatoms. The molecule has 1 atom stereocenters. The molecule has 1 unspecified atom stereocenters. The Morgan fingerprint density at radius 3 is 2.29 bits per heavy atom. The minimum Gasteiger partial charge on any atom is -0.462 e. The molecule has 0 rings (SSSR count). The van der Waals surface area contributed by atoms with E-state index in [1.165, 1.54) is 5.57 Å². The number of allylic oxidation sites excluding steroid dienone is 3. The van der Waals surface area contributed by atoms with Crippen LogP contribution in [0.4, 0.5) is 0 Å². The Labute approximate surface area is 105 Å². The lowest BCUT2D eigenvalue weighted by Gasteiger charge is -2.15. The molecule has 0 saturated heterocycles. The van der Waals surface area contributed by atoms with Crippen molar-refractivity contribution in [2.24, 2.45) is 5.92 Å². The molecule has 0 amide bonds. The smallest absolute Gasteiger partial charge is 0.333 e. The van der Waals surface area contributed by atoms with E-state index in [1.54, 1.807) is 13.0 Å². The van der Waals surface area contributed by atoms with Gasteiger partial charge in [0.25, 0.3) is 0 Å². The van der Waals surface area contributed by atoms with Gasteiger partial charge in [-0.1, -0.05) is 29.9 Å². The summed E-state index contributed by atoms with van der Waals surface area (Å²) < 4.78 is 5.25. The van der Waals surface area contributed by atoms with E-state index in [1.807, 2.05) is 13.8 Å². The van der Waals surface area contributed by atoms with Gasteiger partial charge in [-0.2, -0.15) is 0 Å². The molecule has 0 aliphatic rings. The van der Waals surface area contributed by atoms with E-state index in [4.69, 9.17) is 4.74 Å². The number of carbonyl (C=O) groups excluding carboxylic acids is 1. The van der Waals surface area contributed by atoms with Crippen molar-refractivity contribution in [3.63, 3.8) is 0 Å². The largest absolute Gasteiger partial charge is 0.462 e. The summed E-state index contributed by atoms with van der Waals surface area (Å²) in [5.74, 6) is -0.0329. The number of carbonyl (C=O) groups is 1. The molecule has 17 heavy (non-hydrogen) atoms. The van der Waals surface area contributed by atoms with Gasteiger partial charge in [-0.05, 0) is 41.0 Å². The predicted molar refractivity (Wildman–Crippen MR) is 72.7 cm³/mol. The maximum atomic E-state index is 11.5. The average molecular weight is 236 g/mol. The molecule has 0 fully saturated rings. The van der Waals surface area contributed by atoms with Crippen LogP contribution >= 0.6 is 0 Å². The third-order valence-electron chi connectivity index (χ3n) is 2.68. The molecule has 0 spiro atoms. The molecular weight excluding hydrogens is 212 g/mol. The van der Waals surface area contributed by atoms with Gasteiger partial charge >= 0.3 is 5.97 Å². The van der Waals surface area contributed by atoms with E-state index in [-0.39, 0.29) is 11.9 Å². The fourth-order valence-electron chi connectivity index (χ4n) is 1.20. The van der Waals surface area contributed by atoms with Gasteiger partial charge in [0.15, 0.2) is 0 Å². The molecule has 0 heterocycles. The Balaban J connectivity index is 4.33. The summed E-state index contributed by atoms with van der Waals surface area (Å²) in [5, 5.41) is 0. The lowest BCUT2D eigenvalue weighted by molar-refractivity contribution is -0.139. The first kappa shape index (κ1) is 15.7. The van der Waals surface area contributed by atoms with E-state index >= 15 is 0 Å². The normalized spacial score (nSPS) is 12.9. The highest BCUT2D eigenvalue weighted by Gasteiger charge is 2.12. The van der Waals surface area contributed by atoms with Crippen molar-refractivity contribution in [2.45, 2.75) is 41.0 Å². The Bertz CT molecular complexity index is 331. The number of hydrogen-bond acceptors (Lipinski definition) is 2. The second kappa shape index (κ2) is 7.88. The summed E-state index contributed by atoms with van der Waals surface area (Å²) in [5.41, 5.74) is 2.97. The highest BCUT2D eigenvalue weighted by Crippen LogP contribution is 2.16. The van der Waals surface area contributed by atoms with Gasteiger partial charge in [-0.3, -0.25) is 0 Å². The van der Waals surface area contributed by atoms with E-state index in [9.17, 15) is 4.79 Å². The molecule has 0 aromatic rings. The van der Waals surface area contributed by atoms with Crippen LogP contribution in [0.1, 0.15) is 41.0 Å². The molecule has 0 saturated carbocycles. The fourth-order valence-corrected chi connectivity index (χ4v) is 1.20. The van der Waals surface area contributed by atoms with Crippen molar-refractivity contribution in [1.82, 2.24) is 0 Å². The van der Waals surface area contributed by atoms with Crippen LogP contribution in [0.3, 0.4) is 0 Å². The third-order valence-corrected chi connectivity index (χ3v) is 2.68. The minimum absolute atomic E-state index is 0.207. The van der Waals surface area contributed by atoms with Gasteiger partial charge in [0.1, 0.15) is 0 Å². The summed E-state index contributed by atoms with van der Waals surface area (Å²) in [6, 6.07) is 0. The van der Waals surface area contributed by atoms with Crippen LogP contribution < -0.4 is 0 Å². The molecule has 0 N–H and O–H groups in total. The summed E-state index contributed by atoms with van der Waals surface area (Å²) in [6.07, 6.45) is 4.78. The van der Waals surface area contributed by atoms with Crippen LogP contribution in [0.5, 0.6) is 0 Å². The van der Waals surface area contributed by atoms with E-state index in [2.05, 4.69) is 26.5 Å². The van der Waals surface area contributed by atoms with Crippen LogP contribution in [0.25, 0.3) is 0 Å². The summed E-state index contributed by atoms with van der Waals surface area (Å²) in [7, 11) is 0. The van der Waals surface area contributed by atoms with Gasteiger partial charge in [0, 0.05) is 11.5 Å². The molecule has 0 aromatic carbocycles. The number of rotatable bonds is 6. The Morgan fingerprint density at radius 2 is 1.88 bits per heavy atom. The lowest BCUT2D eigenvalue weighted by atomic mass is 9.98. The zero-order valence-corrected chi connectivity index (χ0v) is 11.7. The average Bonchev–Trinajstić information content (AvgIpc) is 2.26. The first-order valence-electron chi connectivity index (χ1n) is 5.97. The van der Waals surface area contributed by atoms with E-state index in [0.717, 1.165) is 12.0 Å². The predicted octanol–water partition coefficient (Wildman–Crippen LogP) is 4.04. The lowest BCUT2D eigenvalue weighted by Crippen LogP contribution is -2.15. The second-order valence-corrected chi connectivity index (χ2v) is 4.63. The monoisotopic (exact) mass is 236 g/mol. The quantitative estimate of drug-likeness (QED) is 0.395. The summed E-state index contributed by atoms with van der Waals surface area (Å²) in [4.78, 5) is 11.5. The van der Waals surface area contributed by atoms with Crippen molar-refractivity contribution < 1.29 is 9.53 Å². The van der Waals surface area contributed by atoms with Crippen molar-refractivity contribution in [3.05, 3.63) is 35.5 Å². The highest BCUT2D eigenvalue weighted by atomic mass is 16.5. The molecule has 96 valence electrons. The maximum absolute atomic E-state index is 11.5. The van der Waals surface area contributed by atoms with Gasteiger partial charge in [0.2, 0.25) is 0 Å². The van der Waals surface area contributed by atoms with Crippen molar-refractivity contribution in [1.29, 1.82) is 0 Å². The van der Waals surface area contributed by atoms with Crippen molar-refractivity contribution in [2.75, 3.05) is 6.61 Å². The SMILES string of the molecule is C=C(C)C(CC=C(C)C)COC(=O)C(C)=CC. The van der Waals surface area contributed by atoms with Crippen molar-refractivity contribution in [3.8, 4) is 0 Å². The Hall–Kier alpha value is -1.31. The summed E-state index contributed by atoms with van der Waals surface area (Å²) in [6.45, 7) is 14.0. The molecule has 0 radical (unpaired) electrons. The van der Waals surface area contributed by atoms with Gasteiger partial charge in [0.05, 0.1) is 6.61 Å². The van der Waals surface area contributed by atoms with Crippen LogP contribution in [0.2, 0.25) is 0 Å². The highest BCUT2D eigenvalue weighted by molar-refractivity contribution is 5.87. The summed E-state index contributed by atoms with van der Waals surface area (Å²) >= 11 is 0. The fraction of sp³-hybridized carbons (Fsp3) is 0.533. The second-order valence-electron chi connectivity index (χ2n) is 4.63. The van der Waals surface area contributed by atoms with Crippen molar-refractivity contribution >= 4 is 5.97 Å². The standard InChI is InChI=1S/C15H24O2/c1-7-13(6)15(16)17-10-14(12(4)5)9-8-11(2)3/h7-8,14H,4,9-10H2,1-3,5-6H3. The Kier molecular flexibility index (Phi) is 7.27. The zero-order chi connectivity index (χ0) is 13.4. The topological polar surface area (TPSA) is 26.3 Å². The van der Waals surface area contributed by atoms with Crippen LogP contribution in [-0.2, 0) is 9.53 Å². The number of hydrogen-bond donors (Lipinski definition) is 0. The molecular formula is C15H24O2. The molecule has 2 nitrogen and oxygen atoms in total. The zero-order valence-electron chi connectivity index (χ0n) is 11.7. The van der Waals surface area contributed by atoms with Crippen LogP contribution in [0.15, 0.2) is 35.5 Å². The number of esters is 1. The van der Waals surface area contributed by atoms with Gasteiger partial charge < -0.3 is 4.74 Å². The molecule has 0 aromatic heterocycles. The van der Waals surface area contributed by atoms with E-state index < -0.39 is 0 Å². The van der Waals surface area contributed by atoms with Gasteiger partial charge in [-0.15, -0.1) is 0 Å². The van der Waals surface area contributed by atoms with E-state index in [0.29, 0.717) is 12.2 Å². The third kappa shape index (κ3) is 6.77. The molecule has 0 aliphatic carbocycles. The first-order valence-corrected chi connectivity index (χ1v) is 5.97. The molecule has 0 aliphatic heterocycles. The maximum Gasteiger partial charge on any atom is 0.333 e. The van der Waals surface area contributed by atoms with Crippen LogP contribution in [0, 0.1) is 5.92 Å².